The molecule has 2 fully saturated rings. The molecule has 0 aromatic carbocycles. The van der Waals surface area contributed by atoms with Crippen molar-refractivity contribution in [1.29, 1.82) is 0 Å². The van der Waals surface area contributed by atoms with E-state index in [1.165, 1.54) is 11.3 Å². The molecule has 24 heavy (non-hydrogen) atoms. The Kier molecular flexibility index (Phi) is 4.89. The van der Waals surface area contributed by atoms with Crippen LogP contribution in [-0.2, 0) is 11.3 Å². The van der Waals surface area contributed by atoms with Crippen molar-refractivity contribution in [2.24, 2.45) is 5.41 Å². The average molecular weight is 352 g/mol. The van der Waals surface area contributed by atoms with Crippen molar-refractivity contribution >= 4 is 23.2 Å². The highest BCUT2D eigenvalue weighted by Gasteiger charge is 2.50. The normalized spacial score (nSPS) is 27.6. The van der Waals surface area contributed by atoms with E-state index in [0.29, 0.717) is 38.2 Å². The Balaban J connectivity index is 1.75. The Morgan fingerprint density at radius 2 is 2.38 bits per heavy atom. The van der Waals surface area contributed by atoms with Crippen molar-refractivity contribution in [1.82, 2.24) is 20.1 Å². The first kappa shape index (κ1) is 17.3. The lowest BCUT2D eigenvalue weighted by molar-refractivity contribution is -0.147. The summed E-state index contributed by atoms with van der Waals surface area (Å²) in [5, 5.41) is 15.9. The highest BCUT2D eigenvalue weighted by molar-refractivity contribution is 7.09. The monoisotopic (exact) mass is 352 g/mol. The van der Waals surface area contributed by atoms with Gasteiger partial charge in [0.05, 0.1) is 11.5 Å². The number of hydrogen-bond acceptors (Lipinski definition) is 6. The van der Waals surface area contributed by atoms with Gasteiger partial charge in [0.25, 0.3) is 5.91 Å². The number of carbonyl (C=O) groups excluding carboxylic acids is 2. The molecule has 0 saturated carbocycles. The molecule has 2 amide bonds. The van der Waals surface area contributed by atoms with Gasteiger partial charge in [0.1, 0.15) is 10.7 Å². The van der Waals surface area contributed by atoms with Gasteiger partial charge in [-0.05, 0) is 33.4 Å². The molecule has 1 aromatic rings. The predicted octanol–water partition coefficient (Wildman–Crippen LogP) is 0.308. The first-order valence-corrected chi connectivity index (χ1v) is 9.15. The Morgan fingerprint density at radius 1 is 1.58 bits per heavy atom. The van der Waals surface area contributed by atoms with Gasteiger partial charge >= 0.3 is 0 Å². The highest BCUT2D eigenvalue weighted by atomic mass is 32.1. The molecule has 1 aromatic heterocycles. The van der Waals surface area contributed by atoms with Crippen LogP contribution in [0.3, 0.4) is 0 Å². The zero-order valence-corrected chi connectivity index (χ0v) is 14.9. The average Bonchev–Trinajstić information content (AvgIpc) is 2.99. The molecule has 2 atom stereocenters. The molecular formula is C16H24N4O3S. The fraction of sp³-hybridized carbons (Fsp3) is 0.688. The highest BCUT2D eigenvalue weighted by Crippen LogP contribution is 2.37. The van der Waals surface area contributed by atoms with Crippen LogP contribution < -0.4 is 5.32 Å². The second-order valence-electron chi connectivity index (χ2n) is 6.91. The van der Waals surface area contributed by atoms with Gasteiger partial charge in [-0.2, -0.15) is 0 Å². The Labute approximate surface area is 145 Å². The minimum atomic E-state index is -0.866. The summed E-state index contributed by atoms with van der Waals surface area (Å²) in [6.45, 7) is 2.05. The number of hydrogen-bond donors (Lipinski definition) is 2. The summed E-state index contributed by atoms with van der Waals surface area (Å²) in [4.78, 5) is 33.3. The van der Waals surface area contributed by atoms with Gasteiger partial charge in [-0.15, -0.1) is 11.3 Å². The number of likely N-dealkylation sites (tertiary alicyclic amines) is 1. The van der Waals surface area contributed by atoms with E-state index in [1.807, 2.05) is 19.0 Å². The predicted molar refractivity (Wildman–Crippen MR) is 90.7 cm³/mol. The molecule has 2 N–H and O–H groups in total. The summed E-state index contributed by atoms with van der Waals surface area (Å²) < 4.78 is 0. The largest absolute Gasteiger partial charge is 0.392 e. The fourth-order valence-electron chi connectivity index (χ4n) is 3.53. The summed E-state index contributed by atoms with van der Waals surface area (Å²) in [5.41, 5.74) is -0.436. The molecule has 0 unspecified atom stereocenters. The third-order valence-corrected chi connectivity index (χ3v) is 5.66. The fourth-order valence-corrected chi connectivity index (χ4v) is 4.42. The lowest BCUT2D eigenvalue weighted by atomic mass is 9.71. The molecule has 2 aliphatic heterocycles. The number of aromatic nitrogens is 1. The smallest absolute Gasteiger partial charge is 0.273 e. The molecule has 0 bridgehead atoms. The van der Waals surface area contributed by atoms with Crippen LogP contribution >= 0.6 is 11.3 Å². The van der Waals surface area contributed by atoms with Crippen molar-refractivity contribution in [3.8, 4) is 0 Å². The Morgan fingerprint density at radius 3 is 3.08 bits per heavy atom. The van der Waals surface area contributed by atoms with E-state index in [-0.39, 0.29) is 18.4 Å². The van der Waals surface area contributed by atoms with E-state index < -0.39 is 11.5 Å². The molecule has 0 aliphatic carbocycles. The van der Waals surface area contributed by atoms with Crippen molar-refractivity contribution in [2.45, 2.75) is 31.9 Å². The van der Waals surface area contributed by atoms with Crippen LogP contribution in [0, 0.1) is 5.41 Å². The number of piperidine rings is 2. The van der Waals surface area contributed by atoms with Crippen LogP contribution in [0.1, 0.15) is 34.8 Å². The lowest BCUT2D eigenvalue weighted by Crippen LogP contribution is -2.62. The van der Waals surface area contributed by atoms with E-state index in [4.69, 9.17) is 0 Å². The number of aliphatic hydroxyl groups is 1. The van der Waals surface area contributed by atoms with Crippen molar-refractivity contribution in [3.05, 3.63) is 16.1 Å². The van der Waals surface area contributed by atoms with E-state index in [2.05, 4.69) is 10.3 Å². The number of rotatable bonds is 3. The van der Waals surface area contributed by atoms with Gasteiger partial charge in [0.15, 0.2) is 0 Å². The molecule has 3 heterocycles. The number of nitrogens with zero attached hydrogens (tertiary/aromatic N) is 3. The number of carbonyl (C=O) groups is 2. The first-order valence-electron chi connectivity index (χ1n) is 8.27. The molecule has 2 aliphatic rings. The zero-order valence-electron chi connectivity index (χ0n) is 14.1. The van der Waals surface area contributed by atoms with Crippen LogP contribution in [0.15, 0.2) is 5.38 Å². The number of thiazole rings is 1. The topological polar surface area (TPSA) is 85.8 Å². The summed E-state index contributed by atoms with van der Waals surface area (Å²) in [5.74, 6) is -0.286. The van der Waals surface area contributed by atoms with E-state index >= 15 is 0 Å². The van der Waals surface area contributed by atoms with Crippen LogP contribution in [0.2, 0.25) is 0 Å². The van der Waals surface area contributed by atoms with E-state index in [1.54, 1.807) is 10.3 Å². The van der Waals surface area contributed by atoms with Gasteiger partial charge in [-0.3, -0.25) is 9.59 Å². The van der Waals surface area contributed by atoms with Crippen LogP contribution in [0.25, 0.3) is 0 Å². The molecular weight excluding hydrogens is 328 g/mol. The maximum atomic E-state index is 12.8. The lowest BCUT2D eigenvalue weighted by Gasteiger charge is -2.46. The van der Waals surface area contributed by atoms with Gasteiger partial charge in [0, 0.05) is 31.6 Å². The van der Waals surface area contributed by atoms with Gasteiger partial charge in [-0.1, -0.05) is 0 Å². The number of nitrogens with one attached hydrogen (secondary N) is 1. The Hall–Kier alpha value is -1.51. The Bertz CT molecular complexity index is 633. The summed E-state index contributed by atoms with van der Waals surface area (Å²) in [6, 6.07) is 0. The van der Waals surface area contributed by atoms with E-state index in [9.17, 15) is 14.7 Å². The summed E-state index contributed by atoms with van der Waals surface area (Å²) >= 11 is 1.47. The van der Waals surface area contributed by atoms with Crippen molar-refractivity contribution in [2.75, 3.05) is 33.7 Å². The first-order chi connectivity index (χ1) is 11.4. The third kappa shape index (κ3) is 3.18. The second kappa shape index (κ2) is 6.78. The molecule has 3 rings (SSSR count). The second-order valence-corrected chi connectivity index (χ2v) is 7.85. The number of amides is 2. The van der Waals surface area contributed by atoms with Gasteiger partial charge in [0.2, 0.25) is 5.91 Å². The molecule has 1 spiro atoms. The van der Waals surface area contributed by atoms with Gasteiger partial charge in [-0.25, -0.2) is 4.98 Å². The minimum Gasteiger partial charge on any atom is -0.392 e. The van der Waals surface area contributed by atoms with E-state index in [0.717, 1.165) is 11.4 Å². The SMILES string of the molecule is CN(C)Cc1nc(C(=O)N2CC[C@H](O)[C@@]3(CCCNC3=O)C2)cs1. The summed E-state index contributed by atoms with van der Waals surface area (Å²) in [6.07, 6.45) is 1.18. The third-order valence-electron chi connectivity index (χ3n) is 4.83. The molecule has 132 valence electrons. The zero-order chi connectivity index (χ0) is 17.3. The quantitative estimate of drug-likeness (QED) is 0.818. The maximum Gasteiger partial charge on any atom is 0.273 e. The summed E-state index contributed by atoms with van der Waals surface area (Å²) in [7, 11) is 3.92. The molecule has 0 radical (unpaired) electrons. The molecule has 8 heteroatoms. The standard InChI is InChI=1S/C16H24N4O3S/c1-19(2)8-13-18-11(9-24-13)14(22)20-7-4-12(21)16(10-20)5-3-6-17-15(16)23/h9,12,21H,3-8,10H2,1-2H3,(H,17,23)/t12-,16+/m0/s1. The maximum absolute atomic E-state index is 12.8. The molecule has 7 nitrogen and oxygen atoms in total. The van der Waals surface area contributed by atoms with Crippen LogP contribution in [0.5, 0.6) is 0 Å². The van der Waals surface area contributed by atoms with Crippen LogP contribution in [0.4, 0.5) is 0 Å². The van der Waals surface area contributed by atoms with Gasteiger partial charge < -0.3 is 20.2 Å². The van der Waals surface area contributed by atoms with Crippen molar-refractivity contribution in [3.63, 3.8) is 0 Å². The molecule has 2 saturated heterocycles. The van der Waals surface area contributed by atoms with Crippen LogP contribution in [-0.4, -0.2) is 71.5 Å². The minimum absolute atomic E-state index is 0.134. The van der Waals surface area contributed by atoms with Crippen molar-refractivity contribution < 1.29 is 14.7 Å². The number of aliphatic hydroxyl groups excluding tert-OH is 1.